The molecule has 0 bridgehead atoms. The molecule has 0 saturated heterocycles. The SMILES string of the molecule is CCCC1(CCC)c2cc(-n3c4ccsc4c4sccc43)ccc2-c2c1ccc1c2C(CCC)(CCC)c2cc(-n3c4ccsc4c4sccc43)ccc2-1. The second kappa shape index (κ2) is 12.3. The highest BCUT2D eigenvalue weighted by atomic mass is 32.1. The lowest BCUT2D eigenvalue weighted by Crippen LogP contribution is -2.27. The van der Waals surface area contributed by atoms with Crippen LogP contribution in [0.25, 0.3) is 74.5 Å². The number of aromatic nitrogens is 2. The van der Waals surface area contributed by atoms with E-state index in [1.54, 1.807) is 27.8 Å². The number of nitrogens with zero attached hydrogens (tertiary/aromatic N) is 2. The maximum absolute atomic E-state index is 2.62. The second-order valence-electron chi connectivity index (χ2n) is 15.7. The Morgan fingerprint density at radius 2 is 0.833 bits per heavy atom. The summed E-state index contributed by atoms with van der Waals surface area (Å²) in [5, 5.41) is 9.04. The highest BCUT2D eigenvalue weighted by Crippen LogP contribution is 2.64. The molecule has 0 aliphatic heterocycles. The fourth-order valence-electron chi connectivity index (χ4n) is 11.3. The molecule has 6 heterocycles. The topological polar surface area (TPSA) is 9.86 Å². The highest BCUT2D eigenvalue weighted by molar-refractivity contribution is 7.26. The summed E-state index contributed by atoms with van der Waals surface area (Å²) in [7, 11) is 0. The van der Waals surface area contributed by atoms with Crippen molar-refractivity contribution in [3.8, 4) is 33.6 Å². The third kappa shape index (κ3) is 4.21. The Labute approximate surface area is 333 Å². The largest absolute Gasteiger partial charge is 0.307 e. The highest BCUT2D eigenvalue weighted by Gasteiger charge is 2.50. The zero-order chi connectivity index (χ0) is 36.3. The van der Waals surface area contributed by atoms with Gasteiger partial charge in [-0.25, -0.2) is 0 Å². The van der Waals surface area contributed by atoms with Gasteiger partial charge in [0, 0.05) is 22.2 Å². The van der Waals surface area contributed by atoms with E-state index in [1.165, 1.54) is 81.8 Å². The fourth-order valence-corrected chi connectivity index (χ4v) is 15.2. The number of rotatable bonds is 10. The molecule has 0 unspecified atom stereocenters. The molecule has 0 atom stereocenters. The van der Waals surface area contributed by atoms with Crippen LogP contribution in [-0.2, 0) is 10.8 Å². The summed E-state index contributed by atoms with van der Waals surface area (Å²) in [5.74, 6) is 0. The molecule has 6 aromatic heterocycles. The molecule has 0 fully saturated rings. The Balaban J connectivity index is 1.18. The maximum Gasteiger partial charge on any atom is 0.0704 e. The van der Waals surface area contributed by atoms with Crippen molar-refractivity contribution in [3.63, 3.8) is 0 Å². The monoisotopic (exact) mass is 776 g/mol. The molecule has 0 spiro atoms. The summed E-state index contributed by atoms with van der Waals surface area (Å²) in [5.41, 5.74) is 20.2. The molecule has 0 saturated carbocycles. The standard InChI is InChI=1S/C48H44N2S4/c1-5-19-47(20-6-2)34-14-13-32-31-11-9-29(49-37-15-23-51-43(37)44-38(49)16-24-52-44)27-35(31)48(21-7-3,22-8-4)42(32)41(34)33-12-10-30(28-36(33)47)50-39-17-25-53-45(39)46-40(50)18-26-54-46/h9-18,23-28H,5-8,19-22H2,1-4H3. The molecule has 0 amide bonds. The Hall–Kier alpha value is -3.94. The summed E-state index contributed by atoms with van der Waals surface area (Å²) in [6.45, 7) is 9.61. The van der Waals surface area contributed by atoms with Crippen LogP contribution in [0.2, 0.25) is 0 Å². The molecule has 3 aromatic carbocycles. The number of fused-ring (bicyclic) bond motifs is 13. The molecule has 54 heavy (non-hydrogen) atoms. The minimum atomic E-state index is -0.0409. The van der Waals surface area contributed by atoms with E-state index in [0.717, 1.165) is 38.5 Å². The number of thiophene rings is 4. The Morgan fingerprint density at radius 1 is 0.426 bits per heavy atom. The number of benzene rings is 3. The van der Waals surface area contributed by atoms with E-state index >= 15 is 0 Å². The molecular formula is C48H44N2S4. The number of hydrogen-bond acceptors (Lipinski definition) is 4. The fraction of sp³-hybridized carbons (Fsp3) is 0.292. The summed E-state index contributed by atoms with van der Waals surface area (Å²) in [6, 6.07) is 29.5. The predicted molar refractivity (Wildman–Crippen MR) is 239 cm³/mol. The van der Waals surface area contributed by atoms with Gasteiger partial charge in [-0.1, -0.05) is 77.6 Å². The molecule has 2 aliphatic rings. The van der Waals surface area contributed by atoms with Crippen molar-refractivity contribution in [2.45, 2.75) is 89.9 Å². The van der Waals surface area contributed by atoms with Crippen molar-refractivity contribution >= 4 is 86.2 Å². The van der Waals surface area contributed by atoms with Crippen molar-refractivity contribution in [1.82, 2.24) is 9.13 Å². The van der Waals surface area contributed by atoms with E-state index in [2.05, 4.69) is 131 Å². The Kier molecular flexibility index (Phi) is 7.60. The van der Waals surface area contributed by atoms with E-state index in [9.17, 15) is 0 Å². The van der Waals surface area contributed by atoms with Crippen LogP contribution in [0.4, 0.5) is 0 Å². The van der Waals surface area contributed by atoms with Crippen molar-refractivity contribution in [3.05, 3.63) is 117 Å². The quantitative estimate of drug-likeness (QED) is 0.131. The van der Waals surface area contributed by atoms with Crippen LogP contribution in [0.3, 0.4) is 0 Å². The lowest BCUT2D eigenvalue weighted by Gasteiger charge is -2.35. The predicted octanol–water partition coefficient (Wildman–Crippen LogP) is 15.9. The maximum atomic E-state index is 2.62. The first-order valence-electron chi connectivity index (χ1n) is 20.0. The molecule has 270 valence electrons. The van der Waals surface area contributed by atoms with Gasteiger partial charge in [-0.05, 0) is 140 Å². The normalized spacial score (nSPS) is 15.2. The average Bonchev–Trinajstić information content (AvgIpc) is 4.03. The number of hydrogen-bond donors (Lipinski definition) is 0. The summed E-state index contributed by atoms with van der Waals surface area (Å²) in [4.78, 5) is 0. The van der Waals surface area contributed by atoms with Gasteiger partial charge in [0.15, 0.2) is 0 Å². The molecule has 2 aliphatic carbocycles. The molecule has 0 N–H and O–H groups in total. The van der Waals surface area contributed by atoms with Crippen LogP contribution >= 0.6 is 45.3 Å². The average molecular weight is 777 g/mol. The third-order valence-electron chi connectivity index (χ3n) is 13.0. The van der Waals surface area contributed by atoms with Crippen molar-refractivity contribution in [1.29, 1.82) is 0 Å². The van der Waals surface area contributed by atoms with Crippen LogP contribution < -0.4 is 0 Å². The zero-order valence-corrected chi connectivity index (χ0v) is 34.7. The Bertz CT molecular complexity index is 2810. The molecular weight excluding hydrogens is 733 g/mol. The van der Waals surface area contributed by atoms with E-state index < -0.39 is 0 Å². The lowest BCUT2D eigenvalue weighted by molar-refractivity contribution is 0.428. The van der Waals surface area contributed by atoms with E-state index in [1.807, 2.05) is 45.3 Å². The van der Waals surface area contributed by atoms with Gasteiger partial charge in [0.1, 0.15) is 0 Å². The van der Waals surface area contributed by atoms with Crippen molar-refractivity contribution < 1.29 is 0 Å². The van der Waals surface area contributed by atoms with Gasteiger partial charge < -0.3 is 9.13 Å². The molecule has 0 radical (unpaired) electrons. The van der Waals surface area contributed by atoms with Gasteiger partial charge in [0.05, 0.1) is 40.9 Å². The second-order valence-corrected chi connectivity index (χ2v) is 19.4. The summed E-state index contributed by atoms with van der Waals surface area (Å²) >= 11 is 7.50. The summed E-state index contributed by atoms with van der Waals surface area (Å²) in [6.07, 6.45) is 9.29. The van der Waals surface area contributed by atoms with Crippen LogP contribution in [0, 0.1) is 0 Å². The van der Waals surface area contributed by atoms with Crippen molar-refractivity contribution in [2.24, 2.45) is 0 Å². The minimum absolute atomic E-state index is 0.00175. The van der Waals surface area contributed by atoms with Gasteiger partial charge in [0.2, 0.25) is 0 Å². The van der Waals surface area contributed by atoms with Crippen LogP contribution in [0.5, 0.6) is 0 Å². The zero-order valence-electron chi connectivity index (χ0n) is 31.4. The van der Waals surface area contributed by atoms with Crippen LogP contribution in [-0.4, -0.2) is 9.13 Å². The third-order valence-corrected chi connectivity index (χ3v) is 16.9. The van der Waals surface area contributed by atoms with Gasteiger partial charge in [-0.2, -0.15) is 0 Å². The minimum Gasteiger partial charge on any atom is -0.307 e. The van der Waals surface area contributed by atoms with Crippen LogP contribution in [0.15, 0.2) is 94.3 Å². The first kappa shape index (κ1) is 33.4. The van der Waals surface area contributed by atoms with E-state index in [-0.39, 0.29) is 10.8 Å². The van der Waals surface area contributed by atoms with Gasteiger partial charge in [-0.3, -0.25) is 0 Å². The molecule has 6 heteroatoms. The van der Waals surface area contributed by atoms with E-state index in [4.69, 9.17) is 0 Å². The van der Waals surface area contributed by atoms with E-state index in [0.29, 0.717) is 0 Å². The summed E-state index contributed by atoms with van der Waals surface area (Å²) < 4.78 is 10.7. The first-order valence-corrected chi connectivity index (χ1v) is 23.5. The molecule has 11 rings (SSSR count). The van der Waals surface area contributed by atoms with Crippen LogP contribution in [0.1, 0.15) is 101 Å². The smallest absolute Gasteiger partial charge is 0.0704 e. The Morgan fingerprint density at radius 3 is 1.30 bits per heavy atom. The molecule has 9 aromatic rings. The lowest BCUT2D eigenvalue weighted by atomic mass is 9.68. The van der Waals surface area contributed by atoms with Gasteiger partial charge in [-0.15, -0.1) is 45.3 Å². The molecule has 2 nitrogen and oxygen atoms in total. The van der Waals surface area contributed by atoms with Gasteiger partial charge >= 0.3 is 0 Å². The van der Waals surface area contributed by atoms with Gasteiger partial charge in [0.25, 0.3) is 0 Å². The van der Waals surface area contributed by atoms with Crippen molar-refractivity contribution in [2.75, 3.05) is 0 Å². The first-order chi connectivity index (χ1) is 26.6.